The van der Waals surface area contributed by atoms with Gasteiger partial charge in [-0.2, -0.15) is 0 Å². The highest BCUT2D eigenvalue weighted by Crippen LogP contribution is 2.28. The molecule has 1 fully saturated rings. The summed E-state index contributed by atoms with van der Waals surface area (Å²) in [4.78, 5) is 23.3. The predicted molar refractivity (Wildman–Crippen MR) is 78.3 cm³/mol. The van der Waals surface area contributed by atoms with Gasteiger partial charge in [0.15, 0.2) is 0 Å². The minimum atomic E-state index is -1.09. The Morgan fingerprint density at radius 2 is 2.05 bits per heavy atom. The smallest absolute Gasteiger partial charge is 0.319 e. The average molecular weight is 292 g/mol. The molecule has 1 aliphatic heterocycles. The number of amides is 2. The maximum absolute atomic E-state index is 12.0. The number of carboxylic acids is 1. The lowest BCUT2D eigenvalue weighted by Crippen LogP contribution is -2.50. The highest BCUT2D eigenvalue weighted by Gasteiger charge is 2.47. The van der Waals surface area contributed by atoms with Crippen LogP contribution in [-0.2, 0) is 16.0 Å². The Labute approximate surface area is 123 Å². The van der Waals surface area contributed by atoms with Crippen LogP contribution in [0.3, 0.4) is 0 Å². The van der Waals surface area contributed by atoms with E-state index in [1.165, 1.54) is 5.56 Å². The third kappa shape index (κ3) is 3.33. The van der Waals surface area contributed by atoms with Crippen molar-refractivity contribution < 1.29 is 19.4 Å². The van der Waals surface area contributed by atoms with E-state index in [1.54, 1.807) is 6.92 Å². The van der Waals surface area contributed by atoms with Crippen molar-refractivity contribution in [2.45, 2.75) is 26.3 Å². The zero-order chi connectivity index (χ0) is 15.5. The van der Waals surface area contributed by atoms with Gasteiger partial charge in [0, 0.05) is 5.69 Å². The van der Waals surface area contributed by atoms with Gasteiger partial charge in [0.05, 0.1) is 19.3 Å². The zero-order valence-corrected chi connectivity index (χ0v) is 12.2. The number of urea groups is 1. The van der Waals surface area contributed by atoms with Crippen molar-refractivity contribution in [1.82, 2.24) is 5.32 Å². The summed E-state index contributed by atoms with van der Waals surface area (Å²) in [5.74, 6) is -0.974. The first kappa shape index (κ1) is 15.3. The SMILES string of the molecule is CCc1ccc(NC(=O)NC2COCC2(C)C(=O)O)cc1. The minimum absolute atomic E-state index is 0.0957. The molecule has 0 radical (unpaired) electrons. The standard InChI is InChI=1S/C15H20N2O4/c1-3-10-4-6-11(7-5-10)16-14(20)17-12-8-21-9-15(12,2)13(18)19/h4-7,12H,3,8-9H2,1-2H3,(H,18,19)(H2,16,17,20). The van der Waals surface area contributed by atoms with E-state index in [4.69, 9.17) is 4.74 Å². The van der Waals surface area contributed by atoms with Crippen molar-refractivity contribution in [3.05, 3.63) is 29.8 Å². The topological polar surface area (TPSA) is 87.7 Å². The predicted octanol–water partition coefficient (Wildman–Crippen LogP) is 1.86. The molecule has 1 heterocycles. The third-order valence-corrected chi connectivity index (χ3v) is 3.87. The largest absolute Gasteiger partial charge is 0.481 e. The van der Waals surface area contributed by atoms with Gasteiger partial charge in [-0.15, -0.1) is 0 Å². The molecule has 1 aliphatic rings. The number of aliphatic carboxylic acids is 1. The molecule has 1 aromatic rings. The molecule has 6 heteroatoms. The lowest BCUT2D eigenvalue weighted by molar-refractivity contribution is -0.148. The average Bonchev–Trinajstić information content (AvgIpc) is 2.82. The van der Waals surface area contributed by atoms with E-state index >= 15 is 0 Å². The Morgan fingerprint density at radius 1 is 1.38 bits per heavy atom. The van der Waals surface area contributed by atoms with Gasteiger partial charge in [-0.3, -0.25) is 4.79 Å². The monoisotopic (exact) mass is 292 g/mol. The summed E-state index contributed by atoms with van der Waals surface area (Å²) in [7, 11) is 0. The van der Waals surface area contributed by atoms with E-state index in [0.717, 1.165) is 6.42 Å². The Bertz CT molecular complexity index is 529. The summed E-state index contributed by atoms with van der Waals surface area (Å²) in [6, 6.07) is 6.54. The molecule has 1 aromatic carbocycles. The molecule has 2 rings (SSSR count). The maximum atomic E-state index is 12.0. The lowest BCUT2D eigenvalue weighted by Gasteiger charge is -2.25. The van der Waals surface area contributed by atoms with Crippen molar-refractivity contribution in [2.24, 2.45) is 5.41 Å². The van der Waals surface area contributed by atoms with Gasteiger partial charge in [-0.05, 0) is 31.0 Å². The van der Waals surface area contributed by atoms with Crippen molar-refractivity contribution in [2.75, 3.05) is 18.5 Å². The fourth-order valence-electron chi connectivity index (χ4n) is 2.23. The number of nitrogens with one attached hydrogen (secondary N) is 2. The molecule has 3 N–H and O–H groups in total. The van der Waals surface area contributed by atoms with Gasteiger partial charge in [0.2, 0.25) is 0 Å². The van der Waals surface area contributed by atoms with Crippen LogP contribution in [0.4, 0.5) is 10.5 Å². The van der Waals surface area contributed by atoms with E-state index in [1.807, 2.05) is 24.3 Å². The molecular formula is C15H20N2O4. The van der Waals surface area contributed by atoms with Crippen molar-refractivity contribution in [3.8, 4) is 0 Å². The van der Waals surface area contributed by atoms with Crippen LogP contribution in [0.1, 0.15) is 19.4 Å². The van der Waals surface area contributed by atoms with Gasteiger partial charge in [-0.1, -0.05) is 19.1 Å². The van der Waals surface area contributed by atoms with Crippen molar-refractivity contribution in [3.63, 3.8) is 0 Å². The zero-order valence-electron chi connectivity index (χ0n) is 12.2. The van der Waals surface area contributed by atoms with Gasteiger partial charge >= 0.3 is 12.0 Å². The molecular weight excluding hydrogens is 272 g/mol. The van der Waals surface area contributed by atoms with E-state index in [9.17, 15) is 14.7 Å². The summed E-state index contributed by atoms with van der Waals surface area (Å²) in [5, 5.41) is 14.6. The van der Waals surface area contributed by atoms with Crippen molar-refractivity contribution >= 4 is 17.7 Å². The van der Waals surface area contributed by atoms with Gasteiger partial charge in [0.1, 0.15) is 5.41 Å². The highest BCUT2D eigenvalue weighted by atomic mass is 16.5. The number of aryl methyl sites for hydroxylation is 1. The Kier molecular flexibility index (Phi) is 4.47. The molecule has 2 atom stereocenters. The Balaban J connectivity index is 1.96. The number of rotatable bonds is 4. The molecule has 2 unspecified atom stereocenters. The quantitative estimate of drug-likeness (QED) is 0.790. The first-order valence-corrected chi connectivity index (χ1v) is 6.93. The fourth-order valence-corrected chi connectivity index (χ4v) is 2.23. The number of anilines is 1. The van der Waals surface area contributed by atoms with E-state index in [2.05, 4.69) is 17.6 Å². The Morgan fingerprint density at radius 3 is 2.62 bits per heavy atom. The van der Waals surface area contributed by atoms with Crippen LogP contribution in [0.15, 0.2) is 24.3 Å². The van der Waals surface area contributed by atoms with E-state index < -0.39 is 23.5 Å². The van der Waals surface area contributed by atoms with Crippen LogP contribution in [0.5, 0.6) is 0 Å². The molecule has 6 nitrogen and oxygen atoms in total. The van der Waals surface area contributed by atoms with E-state index in [0.29, 0.717) is 5.69 Å². The van der Waals surface area contributed by atoms with Crippen LogP contribution in [0, 0.1) is 5.41 Å². The molecule has 2 amide bonds. The van der Waals surface area contributed by atoms with Gasteiger partial charge < -0.3 is 20.5 Å². The second-order valence-corrected chi connectivity index (χ2v) is 5.44. The number of benzene rings is 1. The molecule has 0 bridgehead atoms. The normalized spacial score (nSPS) is 24.6. The number of hydrogen-bond donors (Lipinski definition) is 3. The fraction of sp³-hybridized carbons (Fsp3) is 0.467. The molecule has 0 saturated carbocycles. The van der Waals surface area contributed by atoms with Crippen LogP contribution in [0.25, 0.3) is 0 Å². The van der Waals surface area contributed by atoms with Gasteiger partial charge in [-0.25, -0.2) is 4.79 Å². The van der Waals surface area contributed by atoms with Crippen LogP contribution in [-0.4, -0.2) is 36.4 Å². The molecule has 0 aromatic heterocycles. The highest BCUT2D eigenvalue weighted by molar-refractivity contribution is 5.90. The van der Waals surface area contributed by atoms with Crippen molar-refractivity contribution in [1.29, 1.82) is 0 Å². The second kappa shape index (κ2) is 6.13. The first-order chi connectivity index (χ1) is 9.95. The summed E-state index contributed by atoms with van der Waals surface area (Å²) in [6.07, 6.45) is 0.933. The van der Waals surface area contributed by atoms with Gasteiger partial charge in [0.25, 0.3) is 0 Å². The number of carbonyl (C=O) groups excluding carboxylic acids is 1. The lowest BCUT2D eigenvalue weighted by atomic mass is 9.85. The first-order valence-electron chi connectivity index (χ1n) is 6.93. The molecule has 0 spiro atoms. The molecule has 114 valence electrons. The number of hydrogen-bond acceptors (Lipinski definition) is 3. The summed E-state index contributed by atoms with van der Waals surface area (Å²) in [5.41, 5.74) is 0.757. The van der Waals surface area contributed by atoms with Crippen LogP contribution in [0.2, 0.25) is 0 Å². The summed E-state index contributed by atoms with van der Waals surface area (Å²) >= 11 is 0. The summed E-state index contributed by atoms with van der Waals surface area (Å²) in [6.45, 7) is 3.93. The third-order valence-electron chi connectivity index (χ3n) is 3.87. The number of carbonyl (C=O) groups is 2. The minimum Gasteiger partial charge on any atom is -0.481 e. The number of carboxylic acid groups (broad SMARTS) is 1. The summed E-state index contributed by atoms with van der Waals surface area (Å²) < 4.78 is 5.19. The maximum Gasteiger partial charge on any atom is 0.319 e. The Hall–Kier alpha value is -2.08. The van der Waals surface area contributed by atoms with E-state index in [-0.39, 0.29) is 13.2 Å². The number of ether oxygens (including phenoxy) is 1. The van der Waals surface area contributed by atoms with Crippen LogP contribution >= 0.6 is 0 Å². The second-order valence-electron chi connectivity index (χ2n) is 5.44. The molecule has 1 saturated heterocycles. The molecule has 0 aliphatic carbocycles. The molecule has 21 heavy (non-hydrogen) atoms. The van der Waals surface area contributed by atoms with Crippen LogP contribution < -0.4 is 10.6 Å².